The molecule has 2 N–H and O–H groups in total. The summed E-state index contributed by atoms with van der Waals surface area (Å²) in [6.45, 7) is 0.401. The van der Waals surface area contributed by atoms with E-state index in [0.717, 1.165) is 23.5 Å². The standard InChI is InChI=1S/C10H13NO3/c1-12-9-3-2-4-10-8(9)5-7(14-10)6-13-11/h2-4,7H,5-6,11H2,1H3. The van der Waals surface area contributed by atoms with Gasteiger partial charge in [0.05, 0.1) is 7.11 Å². The van der Waals surface area contributed by atoms with E-state index in [-0.39, 0.29) is 6.10 Å². The third-order valence-corrected chi connectivity index (χ3v) is 2.32. The first kappa shape index (κ1) is 9.30. The molecule has 4 heteroatoms. The van der Waals surface area contributed by atoms with E-state index in [1.54, 1.807) is 7.11 Å². The molecule has 0 radical (unpaired) electrons. The van der Waals surface area contributed by atoms with Crippen LogP contribution in [-0.2, 0) is 11.3 Å². The van der Waals surface area contributed by atoms with Crippen molar-refractivity contribution in [3.63, 3.8) is 0 Å². The Morgan fingerprint density at radius 2 is 2.43 bits per heavy atom. The molecule has 1 aliphatic rings. The van der Waals surface area contributed by atoms with Crippen molar-refractivity contribution in [2.45, 2.75) is 12.5 Å². The zero-order valence-corrected chi connectivity index (χ0v) is 8.03. The number of hydrogen-bond donors (Lipinski definition) is 1. The summed E-state index contributed by atoms with van der Waals surface area (Å²) in [5.74, 6) is 6.73. The maximum absolute atomic E-state index is 5.60. The van der Waals surface area contributed by atoms with Crippen LogP contribution in [0.1, 0.15) is 5.56 Å². The fraction of sp³-hybridized carbons (Fsp3) is 0.400. The van der Waals surface area contributed by atoms with Gasteiger partial charge in [-0.25, -0.2) is 5.90 Å². The highest BCUT2D eigenvalue weighted by Gasteiger charge is 2.25. The van der Waals surface area contributed by atoms with Gasteiger partial charge in [-0.05, 0) is 12.1 Å². The number of nitrogens with two attached hydrogens (primary N) is 1. The molecule has 4 nitrogen and oxygen atoms in total. The first-order valence-electron chi connectivity index (χ1n) is 4.49. The van der Waals surface area contributed by atoms with Crippen LogP contribution in [0.3, 0.4) is 0 Å². The third-order valence-electron chi connectivity index (χ3n) is 2.32. The summed E-state index contributed by atoms with van der Waals surface area (Å²) in [7, 11) is 1.66. The van der Waals surface area contributed by atoms with Crippen molar-refractivity contribution in [2.75, 3.05) is 13.7 Å². The summed E-state index contributed by atoms with van der Waals surface area (Å²) in [6, 6.07) is 5.76. The molecule has 1 aromatic rings. The molecule has 0 aromatic heterocycles. The second-order valence-corrected chi connectivity index (χ2v) is 3.21. The van der Waals surface area contributed by atoms with E-state index >= 15 is 0 Å². The highest BCUT2D eigenvalue weighted by Crippen LogP contribution is 2.35. The van der Waals surface area contributed by atoms with Crippen LogP contribution in [0.25, 0.3) is 0 Å². The van der Waals surface area contributed by atoms with E-state index in [1.165, 1.54) is 0 Å². The van der Waals surface area contributed by atoms with Crippen molar-refractivity contribution in [3.05, 3.63) is 23.8 Å². The summed E-state index contributed by atoms with van der Waals surface area (Å²) < 4.78 is 10.8. The zero-order chi connectivity index (χ0) is 9.97. The summed E-state index contributed by atoms with van der Waals surface area (Å²) in [6.07, 6.45) is 0.794. The van der Waals surface area contributed by atoms with E-state index < -0.39 is 0 Å². The lowest BCUT2D eigenvalue weighted by atomic mass is 10.1. The van der Waals surface area contributed by atoms with Crippen molar-refractivity contribution in [2.24, 2.45) is 5.90 Å². The Balaban J connectivity index is 2.21. The average molecular weight is 195 g/mol. The van der Waals surface area contributed by atoms with Gasteiger partial charge in [0.25, 0.3) is 0 Å². The number of benzene rings is 1. The van der Waals surface area contributed by atoms with E-state index in [9.17, 15) is 0 Å². The maximum Gasteiger partial charge on any atom is 0.128 e. The van der Waals surface area contributed by atoms with E-state index in [2.05, 4.69) is 4.84 Å². The van der Waals surface area contributed by atoms with Gasteiger partial charge in [0, 0.05) is 12.0 Å². The highest BCUT2D eigenvalue weighted by atomic mass is 16.6. The molecule has 0 spiro atoms. The molecule has 0 saturated heterocycles. The van der Waals surface area contributed by atoms with E-state index in [0.29, 0.717) is 6.61 Å². The summed E-state index contributed by atoms with van der Waals surface area (Å²) >= 11 is 0. The predicted molar refractivity (Wildman–Crippen MR) is 51.3 cm³/mol. The highest BCUT2D eigenvalue weighted by molar-refractivity contribution is 5.47. The lowest BCUT2D eigenvalue weighted by Crippen LogP contribution is -2.22. The van der Waals surface area contributed by atoms with Crippen LogP contribution in [0.2, 0.25) is 0 Å². The Bertz CT molecular complexity index is 327. The fourth-order valence-electron chi connectivity index (χ4n) is 1.70. The number of methoxy groups -OCH3 is 1. The number of hydrogen-bond acceptors (Lipinski definition) is 4. The molecule has 1 aromatic carbocycles. The van der Waals surface area contributed by atoms with Crippen molar-refractivity contribution in [3.8, 4) is 11.5 Å². The second-order valence-electron chi connectivity index (χ2n) is 3.21. The Kier molecular flexibility index (Phi) is 2.56. The fourth-order valence-corrected chi connectivity index (χ4v) is 1.70. The summed E-state index contributed by atoms with van der Waals surface area (Å²) in [5, 5.41) is 0. The zero-order valence-electron chi connectivity index (χ0n) is 8.03. The molecule has 1 unspecified atom stereocenters. The Labute approximate surface area is 82.5 Å². The van der Waals surface area contributed by atoms with Gasteiger partial charge in [0.15, 0.2) is 0 Å². The van der Waals surface area contributed by atoms with Gasteiger partial charge in [-0.15, -0.1) is 0 Å². The van der Waals surface area contributed by atoms with Gasteiger partial charge in [-0.1, -0.05) is 6.07 Å². The molecule has 0 amide bonds. The first-order chi connectivity index (χ1) is 6.85. The summed E-state index contributed by atoms with van der Waals surface area (Å²) in [4.78, 5) is 4.56. The van der Waals surface area contributed by atoms with Crippen LogP contribution in [0.5, 0.6) is 11.5 Å². The van der Waals surface area contributed by atoms with Gasteiger partial charge in [-0.2, -0.15) is 0 Å². The molecule has 2 rings (SSSR count). The van der Waals surface area contributed by atoms with Crippen LogP contribution in [-0.4, -0.2) is 19.8 Å². The van der Waals surface area contributed by atoms with Crippen molar-refractivity contribution in [1.82, 2.24) is 0 Å². The second kappa shape index (κ2) is 3.86. The van der Waals surface area contributed by atoms with Crippen LogP contribution in [0, 0.1) is 0 Å². The quantitative estimate of drug-likeness (QED) is 0.728. The molecule has 0 fully saturated rings. The minimum Gasteiger partial charge on any atom is -0.496 e. The minimum atomic E-state index is 0.00583. The molecule has 0 aliphatic carbocycles. The van der Waals surface area contributed by atoms with Crippen molar-refractivity contribution in [1.29, 1.82) is 0 Å². The third kappa shape index (κ3) is 1.54. The number of fused-ring (bicyclic) bond motifs is 1. The molecule has 1 aliphatic heterocycles. The van der Waals surface area contributed by atoms with Gasteiger partial charge in [-0.3, -0.25) is 0 Å². The van der Waals surface area contributed by atoms with Crippen molar-refractivity contribution >= 4 is 0 Å². The lowest BCUT2D eigenvalue weighted by Gasteiger charge is -2.07. The van der Waals surface area contributed by atoms with Gasteiger partial charge in [0.1, 0.15) is 24.2 Å². The Morgan fingerprint density at radius 1 is 1.57 bits per heavy atom. The lowest BCUT2D eigenvalue weighted by molar-refractivity contribution is 0.0609. The average Bonchev–Trinajstić information content (AvgIpc) is 2.60. The number of ether oxygens (including phenoxy) is 2. The molecular formula is C10H13NO3. The Hall–Kier alpha value is -1.26. The topological polar surface area (TPSA) is 53.7 Å². The van der Waals surface area contributed by atoms with Crippen LogP contribution in [0.15, 0.2) is 18.2 Å². The maximum atomic E-state index is 5.60. The van der Waals surface area contributed by atoms with Gasteiger partial charge >= 0.3 is 0 Å². The Morgan fingerprint density at radius 3 is 3.14 bits per heavy atom. The van der Waals surface area contributed by atoms with E-state index in [1.807, 2.05) is 18.2 Å². The molecule has 0 saturated carbocycles. The normalized spacial score (nSPS) is 18.9. The number of rotatable bonds is 3. The SMILES string of the molecule is COc1cccc2c1CC(CON)O2. The van der Waals surface area contributed by atoms with E-state index in [4.69, 9.17) is 15.4 Å². The van der Waals surface area contributed by atoms with Crippen LogP contribution >= 0.6 is 0 Å². The smallest absolute Gasteiger partial charge is 0.128 e. The molecule has 76 valence electrons. The molecular weight excluding hydrogens is 182 g/mol. The van der Waals surface area contributed by atoms with Crippen molar-refractivity contribution < 1.29 is 14.3 Å². The van der Waals surface area contributed by atoms with Gasteiger partial charge < -0.3 is 14.3 Å². The van der Waals surface area contributed by atoms with Crippen LogP contribution in [0.4, 0.5) is 0 Å². The molecule has 0 bridgehead atoms. The minimum absolute atomic E-state index is 0.00583. The van der Waals surface area contributed by atoms with Crippen LogP contribution < -0.4 is 15.4 Å². The molecule has 1 heterocycles. The first-order valence-corrected chi connectivity index (χ1v) is 4.49. The largest absolute Gasteiger partial charge is 0.496 e. The van der Waals surface area contributed by atoms with Gasteiger partial charge in [0.2, 0.25) is 0 Å². The molecule has 1 atom stereocenters. The summed E-state index contributed by atoms with van der Waals surface area (Å²) in [5.41, 5.74) is 1.09. The monoisotopic (exact) mass is 195 g/mol. The molecule has 14 heavy (non-hydrogen) atoms. The predicted octanol–water partition coefficient (Wildman–Crippen LogP) is 0.889.